The minimum Gasteiger partial charge on any atom is -0.508 e. The first-order chi connectivity index (χ1) is 12.8. The minimum absolute atomic E-state index is 0.0500. The van der Waals surface area contributed by atoms with Crippen LogP contribution >= 0.6 is 11.6 Å². The second kappa shape index (κ2) is 7.72. The van der Waals surface area contributed by atoms with E-state index in [0.29, 0.717) is 27.2 Å². The van der Waals surface area contributed by atoms with Crippen molar-refractivity contribution >= 4 is 40.1 Å². The van der Waals surface area contributed by atoms with Crippen molar-refractivity contribution in [2.75, 3.05) is 5.32 Å². The molecular weight excluding hydrogens is 370 g/mol. The molecule has 3 aromatic rings. The van der Waals surface area contributed by atoms with Crippen LogP contribution in [-0.4, -0.2) is 23.1 Å². The monoisotopic (exact) mass is 387 g/mol. The molecule has 0 aliphatic heterocycles. The lowest BCUT2D eigenvalue weighted by Gasteiger charge is -2.15. The number of phenolic OH excluding ortho intramolecular Hbond substituents is 1. The standard InChI is InChI=1S/C20H18ClNO5/c1-11-16(21)4-3-5-17(11)22-20(25)12(2)27-19(24)8-13-10-26-18-9-14(23)6-7-15(13)18/h3-7,9-10,12,23H,8H2,1-2H3,(H,22,25)/t12-/m0/s1. The summed E-state index contributed by atoms with van der Waals surface area (Å²) in [6.07, 6.45) is 0.412. The molecule has 27 heavy (non-hydrogen) atoms. The molecule has 2 N–H and O–H groups in total. The van der Waals surface area contributed by atoms with E-state index in [1.54, 1.807) is 31.2 Å². The Morgan fingerprint density at radius 1 is 1.30 bits per heavy atom. The lowest BCUT2D eigenvalue weighted by atomic mass is 10.1. The second-order valence-corrected chi connectivity index (χ2v) is 6.56. The van der Waals surface area contributed by atoms with Gasteiger partial charge in [0.1, 0.15) is 11.3 Å². The van der Waals surface area contributed by atoms with E-state index in [1.807, 2.05) is 0 Å². The Kier molecular flexibility index (Phi) is 5.37. The van der Waals surface area contributed by atoms with Gasteiger partial charge in [0.15, 0.2) is 6.10 Å². The van der Waals surface area contributed by atoms with Crippen molar-refractivity contribution in [1.82, 2.24) is 0 Å². The average Bonchev–Trinajstić information content (AvgIpc) is 3.00. The number of halogens is 1. The number of furan rings is 1. The SMILES string of the molecule is Cc1c(Cl)cccc1NC(=O)[C@H](C)OC(=O)Cc1coc2cc(O)ccc12. The maximum atomic E-state index is 12.3. The van der Waals surface area contributed by atoms with E-state index < -0.39 is 18.0 Å². The highest BCUT2D eigenvalue weighted by atomic mass is 35.5. The van der Waals surface area contributed by atoms with E-state index in [2.05, 4.69) is 5.32 Å². The molecule has 0 bridgehead atoms. The van der Waals surface area contributed by atoms with Crippen LogP contribution in [0.2, 0.25) is 5.02 Å². The minimum atomic E-state index is -0.974. The summed E-state index contributed by atoms with van der Waals surface area (Å²) in [6, 6.07) is 9.81. The Bertz CT molecular complexity index is 1010. The molecule has 0 aliphatic rings. The summed E-state index contributed by atoms with van der Waals surface area (Å²) in [6.45, 7) is 3.29. The van der Waals surface area contributed by atoms with Crippen molar-refractivity contribution in [3.05, 3.63) is 58.8 Å². The third-order valence-electron chi connectivity index (χ3n) is 4.18. The number of nitrogens with one attached hydrogen (secondary N) is 1. The van der Waals surface area contributed by atoms with Gasteiger partial charge < -0.3 is 19.6 Å². The van der Waals surface area contributed by atoms with E-state index in [0.717, 1.165) is 5.56 Å². The van der Waals surface area contributed by atoms with Crippen LogP contribution in [0.15, 0.2) is 47.1 Å². The zero-order valence-electron chi connectivity index (χ0n) is 14.8. The molecule has 1 aromatic heterocycles. The first-order valence-corrected chi connectivity index (χ1v) is 8.67. The fraction of sp³-hybridized carbons (Fsp3) is 0.200. The summed E-state index contributed by atoms with van der Waals surface area (Å²) in [4.78, 5) is 24.5. The number of esters is 1. The first kappa shape index (κ1) is 18.8. The van der Waals surface area contributed by atoms with E-state index in [-0.39, 0.29) is 12.2 Å². The summed E-state index contributed by atoms with van der Waals surface area (Å²) in [5.41, 5.74) is 2.39. The number of hydrogen-bond acceptors (Lipinski definition) is 5. The van der Waals surface area contributed by atoms with Crippen molar-refractivity contribution in [2.45, 2.75) is 26.4 Å². The van der Waals surface area contributed by atoms with Gasteiger partial charge in [0.25, 0.3) is 5.91 Å². The molecule has 0 radical (unpaired) electrons. The van der Waals surface area contributed by atoms with Crippen LogP contribution in [0.5, 0.6) is 5.75 Å². The number of carbonyl (C=O) groups is 2. The van der Waals surface area contributed by atoms with Gasteiger partial charge in [-0.1, -0.05) is 17.7 Å². The highest BCUT2D eigenvalue weighted by molar-refractivity contribution is 6.31. The fourth-order valence-corrected chi connectivity index (χ4v) is 2.81. The van der Waals surface area contributed by atoms with Gasteiger partial charge in [-0.15, -0.1) is 0 Å². The maximum Gasteiger partial charge on any atom is 0.311 e. The van der Waals surface area contributed by atoms with Crippen LogP contribution in [0.1, 0.15) is 18.1 Å². The number of rotatable bonds is 5. The topological polar surface area (TPSA) is 88.8 Å². The van der Waals surface area contributed by atoms with Gasteiger partial charge in [-0.25, -0.2) is 0 Å². The third kappa shape index (κ3) is 4.23. The van der Waals surface area contributed by atoms with Gasteiger partial charge in [-0.2, -0.15) is 0 Å². The van der Waals surface area contributed by atoms with Gasteiger partial charge in [0.05, 0.1) is 12.7 Å². The number of benzene rings is 2. The molecule has 0 aliphatic carbocycles. The number of aromatic hydroxyl groups is 1. The molecule has 6 nitrogen and oxygen atoms in total. The van der Waals surface area contributed by atoms with Crippen LogP contribution in [-0.2, 0) is 20.7 Å². The van der Waals surface area contributed by atoms with Gasteiger partial charge in [-0.3, -0.25) is 9.59 Å². The molecule has 0 fully saturated rings. The zero-order valence-corrected chi connectivity index (χ0v) is 15.5. The Morgan fingerprint density at radius 2 is 2.07 bits per heavy atom. The lowest BCUT2D eigenvalue weighted by Crippen LogP contribution is -2.30. The molecular formula is C20H18ClNO5. The predicted molar refractivity (Wildman–Crippen MR) is 102 cm³/mol. The molecule has 0 spiro atoms. The predicted octanol–water partition coefficient (Wildman–Crippen LogP) is 4.21. The lowest BCUT2D eigenvalue weighted by molar-refractivity contribution is -0.152. The molecule has 1 heterocycles. The molecule has 1 atom stereocenters. The van der Waals surface area contributed by atoms with E-state index in [1.165, 1.54) is 25.3 Å². The smallest absolute Gasteiger partial charge is 0.311 e. The fourth-order valence-electron chi connectivity index (χ4n) is 2.63. The molecule has 7 heteroatoms. The summed E-state index contributed by atoms with van der Waals surface area (Å²) in [7, 11) is 0. The number of fused-ring (bicyclic) bond motifs is 1. The van der Waals surface area contributed by atoms with Crippen molar-refractivity contribution < 1.29 is 23.8 Å². The van der Waals surface area contributed by atoms with Gasteiger partial charge in [0, 0.05) is 27.7 Å². The van der Waals surface area contributed by atoms with Crippen molar-refractivity contribution in [3.63, 3.8) is 0 Å². The number of hydrogen-bond donors (Lipinski definition) is 2. The number of amides is 1. The van der Waals surface area contributed by atoms with Gasteiger partial charge in [0.2, 0.25) is 0 Å². The molecule has 3 rings (SSSR count). The van der Waals surface area contributed by atoms with Crippen LogP contribution < -0.4 is 5.32 Å². The van der Waals surface area contributed by atoms with Crippen molar-refractivity contribution in [1.29, 1.82) is 0 Å². The van der Waals surface area contributed by atoms with E-state index >= 15 is 0 Å². The van der Waals surface area contributed by atoms with Crippen LogP contribution in [0.25, 0.3) is 11.0 Å². The quantitative estimate of drug-likeness (QED) is 0.640. The van der Waals surface area contributed by atoms with Crippen molar-refractivity contribution in [3.8, 4) is 5.75 Å². The number of phenols is 1. The summed E-state index contributed by atoms with van der Waals surface area (Å²) in [5, 5.41) is 13.4. The average molecular weight is 388 g/mol. The molecule has 2 aromatic carbocycles. The second-order valence-electron chi connectivity index (χ2n) is 6.15. The Morgan fingerprint density at radius 3 is 2.85 bits per heavy atom. The van der Waals surface area contributed by atoms with Crippen LogP contribution in [0.4, 0.5) is 5.69 Å². The number of anilines is 1. The number of ether oxygens (including phenoxy) is 1. The highest BCUT2D eigenvalue weighted by Gasteiger charge is 2.20. The molecule has 0 saturated carbocycles. The molecule has 140 valence electrons. The number of carbonyl (C=O) groups excluding carboxylic acids is 2. The maximum absolute atomic E-state index is 12.3. The largest absolute Gasteiger partial charge is 0.508 e. The highest BCUT2D eigenvalue weighted by Crippen LogP contribution is 2.26. The third-order valence-corrected chi connectivity index (χ3v) is 4.59. The zero-order chi connectivity index (χ0) is 19.6. The summed E-state index contributed by atoms with van der Waals surface area (Å²) in [5.74, 6) is -0.931. The normalized spacial score (nSPS) is 12.0. The van der Waals surface area contributed by atoms with Crippen molar-refractivity contribution in [2.24, 2.45) is 0 Å². The molecule has 0 unspecified atom stereocenters. The van der Waals surface area contributed by atoms with Gasteiger partial charge in [-0.05, 0) is 43.7 Å². The first-order valence-electron chi connectivity index (χ1n) is 8.29. The van der Waals surface area contributed by atoms with E-state index in [9.17, 15) is 14.7 Å². The Hall–Kier alpha value is -2.99. The van der Waals surface area contributed by atoms with E-state index in [4.69, 9.17) is 20.8 Å². The van der Waals surface area contributed by atoms with Crippen LogP contribution in [0, 0.1) is 6.92 Å². The summed E-state index contributed by atoms with van der Waals surface area (Å²) < 4.78 is 10.6. The Balaban J connectivity index is 1.62. The van der Waals surface area contributed by atoms with Gasteiger partial charge >= 0.3 is 5.97 Å². The molecule has 1 amide bonds. The van der Waals surface area contributed by atoms with Crippen LogP contribution in [0.3, 0.4) is 0 Å². The molecule has 0 saturated heterocycles. The Labute approximate surface area is 160 Å². The summed E-state index contributed by atoms with van der Waals surface area (Å²) >= 11 is 6.04.